The second-order valence-corrected chi connectivity index (χ2v) is 5.59. The average Bonchev–Trinajstić information content (AvgIpc) is 2.72. The van der Waals surface area contributed by atoms with Crippen LogP contribution in [0.3, 0.4) is 0 Å². The third-order valence-corrected chi connectivity index (χ3v) is 4.23. The Morgan fingerprint density at radius 3 is 2.63 bits per heavy atom. The molecule has 2 atom stereocenters. The smallest absolute Gasteiger partial charge is 0.166 e. The zero-order valence-electron chi connectivity index (χ0n) is 11.4. The molecule has 2 aliphatic rings. The lowest BCUT2D eigenvalue weighted by molar-refractivity contribution is 0.0896. The van der Waals surface area contributed by atoms with E-state index in [1.807, 2.05) is 18.2 Å². The number of Topliss-reactive ketones (excluding diaryl/α,β-unsaturated/α-hetero) is 1. The molecule has 1 saturated carbocycles. The van der Waals surface area contributed by atoms with E-state index in [0.29, 0.717) is 24.9 Å². The Morgan fingerprint density at radius 1 is 1.11 bits per heavy atom. The fourth-order valence-corrected chi connectivity index (χ4v) is 3.07. The minimum absolute atomic E-state index is 0.185. The highest BCUT2D eigenvalue weighted by molar-refractivity contribution is 5.98. The van der Waals surface area contributed by atoms with Gasteiger partial charge in [-0.05, 0) is 37.0 Å². The van der Waals surface area contributed by atoms with E-state index in [4.69, 9.17) is 9.47 Å². The molecule has 1 aromatic rings. The molecule has 102 valence electrons. The van der Waals surface area contributed by atoms with Crippen LogP contribution in [0.4, 0.5) is 0 Å². The lowest BCUT2D eigenvalue weighted by Crippen LogP contribution is -2.17. The summed E-state index contributed by atoms with van der Waals surface area (Å²) in [6, 6.07) is 5.60. The molecule has 3 nitrogen and oxygen atoms in total. The van der Waals surface area contributed by atoms with E-state index >= 15 is 0 Å². The zero-order valence-corrected chi connectivity index (χ0v) is 11.4. The van der Waals surface area contributed by atoms with Gasteiger partial charge < -0.3 is 9.47 Å². The van der Waals surface area contributed by atoms with Crippen LogP contribution in [0.15, 0.2) is 18.2 Å². The summed E-state index contributed by atoms with van der Waals surface area (Å²) in [5.74, 6) is 2.43. The molecule has 0 saturated heterocycles. The second kappa shape index (κ2) is 5.24. The van der Waals surface area contributed by atoms with E-state index in [0.717, 1.165) is 24.2 Å². The van der Waals surface area contributed by atoms with Crippen molar-refractivity contribution >= 4 is 5.78 Å². The lowest BCUT2D eigenvalue weighted by Gasteiger charge is -2.15. The van der Waals surface area contributed by atoms with Crippen molar-refractivity contribution in [2.24, 2.45) is 11.8 Å². The van der Waals surface area contributed by atoms with Crippen LogP contribution < -0.4 is 9.47 Å². The maximum Gasteiger partial charge on any atom is 0.166 e. The van der Waals surface area contributed by atoms with Crippen LogP contribution in [0.5, 0.6) is 11.5 Å². The van der Waals surface area contributed by atoms with Gasteiger partial charge in [-0.25, -0.2) is 0 Å². The highest BCUT2D eigenvalue weighted by Crippen LogP contribution is 2.36. The fourth-order valence-electron chi connectivity index (χ4n) is 3.07. The zero-order chi connectivity index (χ0) is 13.2. The molecular weight excluding hydrogens is 240 g/mol. The Labute approximate surface area is 113 Å². The molecule has 19 heavy (non-hydrogen) atoms. The number of hydrogen-bond donors (Lipinski definition) is 0. The van der Waals surface area contributed by atoms with E-state index in [-0.39, 0.29) is 11.7 Å². The monoisotopic (exact) mass is 260 g/mol. The van der Waals surface area contributed by atoms with Crippen LogP contribution in [0, 0.1) is 11.8 Å². The van der Waals surface area contributed by atoms with E-state index in [2.05, 4.69) is 6.92 Å². The predicted octanol–water partition coefficient (Wildman–Crippen LogP) is 3.47. The summed E-state index contributed by atoms with van der Waals surface area (Å²) in [7, 11) is 0. The third-order valence-electron chi connectivity index (χ3n) is 4.23. The van der Waals surface area contributed by atoms with Gasteiger partial charge in [-0.3, -0.25) is 4.79 Å². The molecule has 0 bridgehead atoms. The Bertz CT molecular complexity index is 481. The fraction of sp³-hybridized carbons (Fsp3) is 0.562. The highest BCUT2D eigenvalue weighted by atomic mass is 16.5. The van der Waals surface area contributed by atoms with Crippen molar-refractivity contribution in [3.8, 4) is 11.5 Å². The maximum absolute atomic E-state index is 12.5. The molecular formula is C16H20O3. The summed E-state index contributed by atoms with van der Waals surface area (Å²) in [6.45, 7) is 3.52. The van der Waals surface area contributed by atoms with E-state index in [1.54, 1.807) is 0 Å². The van der Waals surface area contributed by atoms with Crippen molar-refractivity contribution in [3.63, 3.8) is 0 Å². The van der Waals surface area contributed by atoms with Gasteiger partial charge in [0.25, 0.3) is 0 Å². The summed E-state index contributed by atoms with van der Waals surface area (Å²) in [4.78, 5) is 12.5. The molecule has 0 spiro atoms. The topological polar surface area (TPSA) is 35.5 Å². The summed E-state index contributed by atoms with van der Waals surface area (Å²) >= 11 is 0. The normalized spacial score (nSPS) is 25.9. The van der Waals surface area contributed by atoms with Crippen molar-refractivity contribution in [1.29, 1.82) is 0 Å². The molecule has 3 heteroatoms. The average molecular weight is 260 g/mol. The van der Waals surface area contributed by atoms with E-state index in [9.17, 15) is 4.79 Å². The lowest BCUT2D eigenvalue weighted by atomic mass is 9.89. The first-order valence-electron chi connectivity index (χ1n) is 7.19. The molecule has 0 amide bonds. The second-order valence-electron chi connectivity index (χ2n) is 5.59. The minimum atomic E-state index is 0.185. The minimum Gasteiger partial charge on any atom is -0.490 e. The molecule has 0 N–H and O–H groups in total. The molecule has 1 aromatic carbocycles. The number of carbonyl (C=O) groups excluding carboxylic acids is 1. The molecule has 1 aliphatic carbocycles. The van der Waals surface area contributed by atoms with Gasteiger partial charge in [0.15, 0.2) is 17.3 Å². The van der Waals surface area contributed by atoms with Crippen LogP contribution in [-0.2, 0) is 0 Å². The number of fused-ring (bicyclic) bond motifs is 1. The standard InChI is InChI=1S/C16H20O3/c1-11-4-2-5-13(11)16(17)12-6-7-14-15(10-12)19-9-3-8-18-14/h6-7,10-11,13H,2-5,8-9H2,1H3. The van der Waals surface area contributed by atoms with Gasteiger partial charge in [0, 0.05) is 17.9 Å². The number of rotatable bonds is 2. The third kappa shape index (κ3) is 2.46. The summed E-state index contributed by atoms with van der Waals surface area (Å²) < 4.78 is 11.2. The van der Waals surface area contributed by atoms with Gasteiger partial charge in [-0.1, -0.05) is 13.3 Å². The molecule has 1 heterocycles. The molecule has 0 aromatic heterocycles. The van der Waals surface area contributed by atoms with Crippen LogP contribution in [0.2, 0.25) is 0 Å². The number of ether oxygens (including phenoxy) is 2. The van der Waals surface area contributed by atoms with E-state index in [1.165, 1.54) is 12.8 Å². The molecule has 3 rings (SSSR count). The van der Waals surface area contributed by atoms with Crippen molar-refractivity contribution in [1.82, 2.24) is 0 Å². The Hall–Kier alpha value is -1.51. The molecule has 1 aliphatic heterocycles. The van der Waals surface area contributed by atoms with Gasteiger partial charge in [0.05, 0.1) is 13.2 Å². The summed E-state index contributed by atoms with van der Waals surface area (Å²) in [5, 5.41) is 0. The molecule has 1 fully saturated rings. The number of hydrogen-bond acceptors (Lipinski definition) is 3. The van der Waals surface area contributed by atoms with Gasteiger partial charge >= 0.3 is 0 Å². The first-order valence-corrected chi connectivity index (χ1v) is 7.19. The van der Waals surface area contributed by atoms with Crippen LogP contribution >= 0.6 is 0 Å². The SMILES string of the molecule is CC1CCCC1C(=O)c1ccc2c(c1)OCCCO2. The van der Waals surface area contributed by atoms with Gasteiger partial charge in [-0.15, -0.1) is 0 Å². The van der Waals surface area contributed by atoms with Crippen LogP contribution in [0.25, 0.3) is 0 Å². The van der Waals surface area contributed by atoms with Crippen LogP contribution in [-0.4, -0.2) is 19.0 Å². The molecule has 0 radical (unpaired) electrons. The van der Waals surface area contributed by atoms with Gasteiger partial charge in [-0.2, -0.15) is 0 Å². The highest BCUT2D eigenvalue weighted by Gasteiger charge is 2.30. The van der Waals surface area contributed by atoms with Crippen molar-refractivity contribution < 1.29 is 14.3 Å². The van der Waals surface area contributed by atoms with Crippen molar-refractivity contribution in [3.05, 3.63) is 23.8 Å². The number of benzene rings is 1. The summed E-state index contributed by atoms with van der Waals surface area (Å²) in [5.41, 5.74) is 0.767. The summed E-state index contributed by atoms with van der Waals surface area (Å²) in [6.07, 6.45) is 4.25. The van der Waals surface area contributed by atoms with Gasteiger partial charge in [0.1, 0.15) is 0 Å². The Morgan fingerprint density at radius 2 is 1.89 bits per heavy atom. The Balaban J connectivity index is 1.85. The van der Waals surface area contributed by atoms with Gasteiger partial charge in [0.2, 0.25) is 0 Å². The van der Waals surface area contributed by atoms with Crippen LogP contribution in [0.1, 0.15) is 43.0 Å². The largest absolute Gasteiger partial charge is 0.490 e. The number of carbonyl (C=O) groups is 1. The molecule has 2 unspecified atom stereocenters. The van der Waals surface area contributed by atoms with E-state index < -0.39 is 0 Å². The van der Waals surface area contributed by atoms with Crippen molar-refractivity contribution in [2.75, 3.05) is 13.2 Å². The quantitative estimate of drug-likeness (QED) is 0.764. The predicted molar refractivity (Wildman–Crippen MR) is 72.9 cm³/mol. The first kappa shape index (κ1) is 12.5. The first-order chi connectivity index (χ1) is 9.25. The van der Waals surface area contributed by atoms with Crippen molar-refractivity contribution in [2.45, 2.75) is 32.6 Å². The Kier molecular flexibility index (Phi) is 3.45. The number of ketones is 1. The maximum atomic E-state index is 12.5.